The number of phosphoric acid groups is 1. The molecule has 3 aromatic rings. The van der Waals surface area contributed by atoms with Gasteiger partial charge in [-0.2, -0.15) is 0 Å². The minimum atomic E-state index is -4.54. The van der Waals surface area contributed by atoms with Crippen molar-refractivity contribution < 1.29 is 62.7 Å². The Kier molecular flexibility index (Phi) is 7.70. The standard InChI is InChI=1S/C22H25N6O7P.Na/c29-16-17-14(11-33-36(31,32)35-17)34-21(16)28-19-15(25-22(28)27-9-5-2-6-10-27)18(23-12-24-19)26-20(30)13-7-3-1-4-8-13;/h1,3-4,7-8,12,14,16-17,21,29H,2,5-6,9-11H2,(H,31,32)(H,23,24,26,30);/q;+1/p-1/t14-,16-,17-,21-;/m1./s1. The van der Waals surface area contributed by atoms with Crippen LogP contribution in [0.2, 0.25) is 0 Å². The Bertz CT molecular complexity index is 1340. The van der Waals surface area contributed by atoms with Crippen LogP contribution in [0.15, 0.2) is 36.7 Å². The smallest absolute Gasteiger partial charge is 0.756 e. The predicted octanol–water partition coefficient (Wildman–Crippen LogP) is -1.78. The predicted molar refractivity (Wildman–Crippen MR) is 124 cm³/mol. The van der Waals surface area contributed by atoms with Gasteiger partial charge in [-0.3, -0.25) is 13.9 Å². The molecule has 3 aliphatic heterocycles. The van der Waals surface area contributed by atoms with Crippen molar-refractivity contribution in [2.45, 2.75) is 43.8 Å². The summed E-state index contributed by atoms with van der Waals surface area (Å²) in [6, 6.07) is 8.72. The van der Waals surface area contributed by atoms with Gasteiger partial charge in [0.25, 0.3) is 13.7 Å². The molecule has 5 heterocycles. The van der Waals surface area contributed by atoms with E-state index in [2.05, 4.69) is 20.2 Å². The van der Waals surface area contributed by atoms with Crippen LogP contribution in [0.5, 0.6) is 0 Å². The van der Waals surface area contributed by atoms with E-state index in [1.165, 1.54) is 6.33 Å². The Morgan fingerprint density at radius 2 is 1.92 bits per heavy atom. The number of aliphatic hydroxyl groups excluding tert-OH is 1. The Labute approximate surface area is 234 Å². The number of fused-ring (bicyclic) bond motifs is 2. The van der Waals surface area contributed by atoms with Crippen molar-refractivity contribution in [2.75, 3.05) is 29.9 Å². The molecule has 2 N–H and O–H groups in total. The van der Waals surface area contributed by atoms with Crippen molar-refractivity contribution in [3.63, 3.8) is 0 Å². The molecule has 190 valence electrons. The quantitative estimate of drug-likeness (QED) is 0.285. The number of piperidine rings is 1. The van der Waals surface area contributed by atoms with Gasteiger partial charge in [0, 0.05) is 18.7 Å². The number of phosphoric ester groups is 1. The minimum Gasteiger partial charge on any atom is -0.756 e. The summed E-state index contributed by atoms with van der Waals surface area (Å²) in [6.45, 7) is 1.19. The largest absolute Gasteiger partial charge is 1.00 e. The maximum atomic E-state index is 12.8. The molecular weight excluding hydrogens is 514 g/mol. The van der Waals surface area contributed by atoms with Crippen molar-refractivity contribution in [1.29, 1.82) is 0 Å². The molecule has 0 spiro atoms. The van der Waals surface area contributed by atoms with Crippen molar-refractivity contribution >= 4 is 36.7 Å². The van der Waals surface area contributed by atoms with E-state index in [0.717, 1.165) is 32.4 Å². The van der Waals surface area contributed by atoms with Gasteiger partial charge in [-0.1, -0.05) is 18.2 Å². The van der Waals surface area contributed by atoms with Gasteiger partial charge in [-0.25, -0.2) is 15.0 Å². The normalized spacial score (nSPS) is 29.5. The summed E-state index contributed by atoms with van der Waals surface area (Å²) in [6.07, 6.45) is -0.00297. The number of benzene rings is 1. The Balaban J connectivity index is 0.00000280. The Morgan fingerprint density at radius 1 is 1.16 bits per heavy atom. The molecule has 6 rings (SSSR count). The van der Waals surface area contributed by atoms with Crippen LogP contribution in [0.4, 0.5) is 11.8 Å². The van der Waals surface area contributed by atoms with E-state index >= 15 is 0 Å². The summed E-state index contributed by atoms with van der Waals surface area (Å²) >= 11 is 0. The van der Waals surface area contributed by atoms with Gasteiger partial charge in [0.15, 0.2) is 23.2 Å². The zero-order valence-electron chi connectivity index (χ0n) is 20.1. The summed E-state index contributed by atoms with van der Waals surface area (Å²) in [5.74, 6) is 0.332. The molecule has 3 fully saturated rings. The summed E-state index contributed by atoms with van der Waals surface area (Å²) in [5, 5.41) is 13.9. The topological polar surface area (TPSA) is 164 Å². The number of amides is 1. The third-order valence-electron chi connectivity index (χ3n) is 6.58. The second-order valence-electron chi connectivity index (χ2n) is 8.91. The molecule has 0 saturated carbocycles. The van der Waals surface area contributed by atoms with Gasteiger partial charge in [-0.05, 0) is 31.4 Å². The van der Waals surface area contributed by atoms with Crippen molar-refractivity contribution in [3.05, 3.63) is 42.2 Å². The summed E-state index contributed by atoms with van der Waals surface area (Å²) in [4.78, 5) is 40.1. The van der Waals surface area contributed by atoms with Crippen LogP contribution in [0, 0.1) is 0 Å². The maximum absolute atomic E-state index is 12.8. The summed E-state index contributed by atoms with van der Waals surface area (Å²) in [7, 11) is -4.54. The average Bonchev–Trinajstić information content (AvgIpc) is 3.42. The fourth-order valence-corrected chi connectivity index (χ4v) is 5.80. The van der Waals surface area contributed by atoms with Gasteiger partial charge in [0.1, 0.15) is 24.6 Å². The zero-order valence-corrected chi connectivity index (χ0v) is 23.0. The Morgan fingerprint density at radius 3 is 2.68 bits per heavy atom. The molecule has 2 aromatic heterocycles. The number of rotatable bonds is 4. The first-order valence-electron chi connectivity index (χ1n) is 11.7. The van der Waals surface area contributed by atoms with E-state index < -0.39 is 32.4 Å². The molecule has 3 aliphatic rings. The SMILES string of the molecule is O=C(Nc1ncnc2c1nc(N1CCCCC1)n2[C@@H]1O[C@@H]2COP(=O)([O-])O[C@H]2[C@H]1O)c1ccccc1.[Na+]. The van der Waals surface area contributed by atoms with Gasteiger partial charge >= 0.3 is 29.6 Å². The second kappa shape index (κ2) is 10.7. The fraction of sp³-hybridized carbons (Fsp3) is 0.455. The van der Waals surface area contributed by atoms with Gasteiger partial charge in [0.05, 0.1) is 6.61 Å². The molecular formula is C22H24N6NaO7P. The van der Waals surface area contributed by atoms with Gasteiger partial charge < -0.3 is 34.0 Å². The number of aliphatic hydroxyl groups is 1. The zero-order chi connectivity index (χ0) is 24.9. The molecule has 5 atom stereocenters. The number of imidazole rings is 1. The van der Waals surface area contributed by atoms with Crippen LogP contribution in [-0.2, 0) is 18.3 Å². The van der Waals surface area contributed by atoms with E-state index in [1.807, 2.05) is 6.07 Å². The Hall–Kier alpha value is -1.93. The average molecular weight is 538 g/mol. The number of aromatic nitrogens is 4. The van der Waals surface area contributed by atoms with Gasteiger partial charge in [-0.15, -0.1) is 0 Å². The van der Waals surface area contributed by atoms with E-state index in [0.29, 0.717) is 22.7 Å². The van der Waals surface area contributed by atoms with E-state index in [-0.39, 0.29) is 47.9 Å². The van der Waals surface area contributed by atoms with Crippen LogP contribution in [0.25, 0.3) is 11.2 Å². The number of hydrogen-bond acceptors (Lipinski definition) is 11. The summed E-state index contributed by atoms with van der Waals surface area (Å²) < 4.78 is 29.3. The number of anilines is 2. The molecule has 1 unspecified atom stereocenters. The number of ether oxygens (including phenoxy) is 1. The second-order valence-corrected chi connectivity index (χ2v) is 10.3. The molecule has 37 heavy (non-hydrogen) atoms. The first kappa shape index (κ1) is 26.7. The third kappa shape index (κ3) is 5.08. The fourth-order valence-electron chi connectivity index (χ4n) is 4.85. The molecule has 15 heteroatoms. The minimum absolute atomic E-state index is 0. The molecule has 0 bridgehead atoms. The molecule has 0 radical (unpaired) electrons. The van der Waals surface area contributed by atoms with Crippen LogP contribution < -0.4 is 44.7 Å². The monoisotopic (exact) mass is 538 g/mol. The van der Waals surface area contributed by atoms with Crippen molar-refractivity contribution in [2.24, 2.45) is 0 Å². The number of carbonyl (C=O) groups is 1. The van der Waals surface area contributed by atoms with E-state index in [1.54, 1.807) is 28.8 Å². The molecule has 1 aromatic carbocycles. The first-order valence-corrected chi connectivity index (χ1v) is 13.2. The number of hydrogen-bond donors (Lipinski definition) is 2. The number of nitrogens with one attached hydrogen (secondary N) is 1. The third-order valence-corrected chi connectivity index (χ3v) is 7.54. The molecule has 1 amide bonds. The van der Waals surface area contributed by atoms with Crippen LogP contribution in [0.3, 0.4) is 0 Å². The van der Waals surface area contributed by atoms with Crippen LogP contribution in [0.1, 0.15) is 35.8 Å². The van der Waals surface area contributed by atoms with Gasteiger partial charge in [0.2, 0.25) is 5.95 Å². The molecule has 0 aliphatic carbocycles. The van der Waals surface area contributed by atoms with Crippen LogP contribution in [-0.4, -0.2) is 68.5 Å². The van der Waals surface area contributed by atoms with E-state index in [4.69, 9.17) is 18.8 Å². The van der Waals surface area contributed by atoms with Crippen molar-refractivity contribution in [3.8, 4) is 0 Å². The number of nitrogens with zero attached hydrogens (tertiary/aromatic N) is 5. The molecule has 13 nitrogen and oxygen atoms in total. The first-order chi connectivity index (χ1) is 17.4. The van der Waals surface area contributed by atoms with Crippen LogP contribution >= 0.6 is 7.82 Å². The van der Waals surface area contributed by atoms with E-state index in [9.17, 15) is 19.4 Å². The summed E-state index contributed by atoms with van der Waals surface area (Å²) in [5.41, 5.74) is 1.10. The molecule has 3 saturated heterocycles. The number of carbonyl (C=O) groups excluding carboxylic acids is 1. The maximum Gasteiger partial charge on any atom is 1.00 e. The van der Waals surface area contributed by atoms with Crippen molar-refractivity contribution in [1.82, 2.24) is 19.5 Å².